The van der Waals surface area contributed by atoms with Crippen molar-refractivity contribution in [3.8, 4) is 0 Å². The van der Waals surface area contributed by atoms with Gasteiger partial charge in [0, 0.05) is 20.7 Å². The van der Waals surface area contributed by atoms with E-state index in [1.165, 1.54) is 4.68 Å². The number of methoxy groups -OCH3 is 1. The number of halogens is 1. The van der Waals surface area contributed by atoms with Crippen molar-refractivity contribution in [2.75, 3.05) is 19.0 Å². The van der Waals surface area contributed by atoms with E-state index < -0.39 is 0 Å². The fraction of sp³-hybridized carbons (Fsp3) is 0.600. The van der Waals surface area contributed by atoms with Crippen molar-refractivity contribution >= 4 is 21.6 Å². The summed E-state index contributed by atoms with van der Waals surface area (Å²) in [5.41, 5.74) is 0.217. The summed E-state index contributed by atoms with van der Waals surface area (Å²) in [7, 11) is 3.26. The number of hydrogen-bond acceptors (Lipinski definition) is 4. The largest absolute Gasteiger partial charge is 0.380 e. The molecular weight excluding hydrogens is 274 g/mol. The zero-order chi connectivity index (χ0) is 12.3. The zero-order valence-electron chi connectivity index (χ0n) is 9.87. The minimum Gasteiger partial charge on any atom is -0.380 e. The third kappa shape index (κ3) is 3.05. The summed E-state index contributed by atoms with van der Waals surface area (Å²) in [6.45, 7) is 4.52. The van der Waals surface area contributed by atoms with Crippen LogP contribution in [-0.2, 0) is 11.8 Å². The Morgan fingerprint density at radius 2 is 2.25 bits per heavy atom. The average Bonchev–Trinajstić information content (AvgIpc) is 2.25. The molecule has 6 heteroatoms. The molecule has 1 rings (SSSR count). The van der Waals surface area contributed by atoms with Crippen LogP contribution in [0.2, 0.25) is 0 Å². The van der Waals surface area contributed by atoms with Crippen molar-refractivity contribution in [3.63, 3.8) is 0 Å². The predicted molar refractivity (Wildman–Crippen MR) is 66.8 cm³/mol. The maximum absolute atomic E-state index is 11.6. The Kier molecular flexibility index (Phi) is 4.09. The molecule has 0 aliphatic carbocycles. The molecule has 0 fully saturated rings. The van der Waals surface area contributed by atoms with Crippen LogP contribution >= 0.6 is 15.9 Å². The summed E-state index contributed by atoms with van der Waals surface area (Å²) in [6.07, 6.45) is 1.61. The van der Waals surface area contributed by atoms with Gasteiger partial charge >= 0.3 is 0 Å². The first-order chi connectivity index (χ1) is 7.37. The van der Waals surface area contributed by atoms with Gasteiger partial charge in [-0.3, -0.25) is 4.79 Å². The van der Waals surface area contributed by atoms with Crippen molar-refractivity contribution in [1.29, 1.82) is 0 Å². The summed E-state index contributed by atoms with van der Waals surface area (Å²) >= 11 is 3.24. The summed E-state index contributed by atoms with van der Waals surface area (Å²) < 4.78 is 7.03. The van der Waals surface area contributed by atoms with Crippen molar-refractivity contribution in [2.45, 2.75) is 19.4 Å². The molecule has 5 nitrogen and oxygen atoms in total. The number of anilines is 1. The van der Waals surface area contributed by atoms with Crippen molar-refractivity contribution < 1.29 is 4.74 Å². The summed E-state index contributed by atoms with van der Waals surface area (Å²) in [4.78, 5) is 11.6. The molecule has 0 aliphatic heterocycles. The fourth-order valence-corrected chi connectivity index (χ4v) is 1.51. The lowest BCUT2D eigenvalue weighted by molar-refractivity contribution is 0.0343. The molecular formula is C10H16BrN3O2. The van der Waals surface area contributed by atoms with E-state index in [4.69, 9.17) is 4.74 Å². The standard InChI is InChI=1S/C10H16BrN3O2/c1-10(2,16-4)6-12-7-5-13-14(3)9(15)8(7)11/h5,12H,6H2,1-4H3. The third-order valence-electron chi connectivity index (χ3n) is 2.34. The van der Waals surface area contributed by atoms with Gasteiger partial charge in [-0.25, -0.2) is 4.68 Å². The van der Waals surface area contributed by atoms with Crippen molar-refractivity contribution in [1.82, 2.24) is 9.78 Å². The first-order valence-electron chi connectivity index (χ1n) is 4.88. The number of ether oxygens (including phenoxy) is 1. The van der Waals surface area contributed by atoms with Crippen LogP contribution in [-0.4, -0.2) is 29.0 Å². The Balaban J connectivity index is 2.84. The number of aromatic nitrogens is 2. The molecule has 0 spiro atoms. The predicted octanol–water partition coefficient (Wildman–Crippen LogP) is 1.38. The van der Waals surface area contributed by atoms with Crippen LogP contribution in [0.1, 0.15) is 13.8 Å². The Morgan fingerprint density at radius 1 is 1.62 bits per heavy atom. The van der Waals surface area contributed by atoms with Gasteiger partial charge in [0.15, 0.2) is 0 Å². The van der Waals surface area contributed by atoms with Crippen LogP contribution in [0.4, 0.5) is 5.69 Å². The molecule has 0 aromatic carbocycles. The van der Waals surface area contributed by atoms with E-state index in [1.807, 2.05) is 13.8 Å². The summed E-state index contributed by atoms with van der Waals surface area (Å²) in [5, 5.41) is 7.06. The second-order valence-corrected chi connectivity index (χ2v) is 4.91. The molecule has 0 bridgehead atoms. The number of aryl methyl sites for hydroxylation is 1. The minimum absolute atomic E-state index is 0.166. The Morgan fingerprint density at radius 3 is 2.81 bits per heavy atom. The van der Waals surface area contributed by atoms with Gasteiger partial charge in [-0.2, -0.15) is 5.10 Å². The van der Waals surface area contributed by atoms with Gasteiger partial charge in [0.2, 0.25) is 0 Å². The molecule has 1 heterocycles. The molecule has 1 aromatic rings. The third-order valence-corrected chi connectivity index (χ3v) is 3.10. The van der Waals surface area contributed by atoms with Gasteiger partial charge in [0.05, 0.1) is 17.5 Å². The first-order valence-corrected chi connectivity index (χ1v) is 5.67. The lowest BCUT2D eigenvalue weighted by Crippen LogP contribution is -2.33. The number of rotatable bonds is 4. The molecule has 0 radical (unpaired) electrons. The van der Waals surface area contributed by atoms with Crippen molar-refractivity contribution in [3.05, 3.63) is 21.0 Å². The summed E-state index contributed by atoms with van der Waals surface area (Å²) in [6, 6.07) is 0. The van der Waals surface area contributed by atoms with E-state index in [1.54, 1.807) is 20.4 Å². The molecule has 0 saturated carbocycles. The van der Waals surface area contributed by atoms with Gasteiger partial charge in [-0.15, -0.1) is 0 Å². The molecule has 0 atom stereocenters. The second-order valence-electron chi connectivity index (χ2n) is 4.12. The molecule has 1 aromatic heterocycles. The smallest absolute Gasteiger partial charge is 0.282 e. The van der Waals surface area contributed by atoms with E-state index in [0.29, 0.717) is 16.7 Å². The minimum atomic E-state index is -0.291. The molecule has 90 valence electrons. The zero-order valence-corrected chi connectivity index (χ0v) is 11.5. The fourth-order valence-electron chi connectivity index (χ4n) is 1.01. The van der Waals surface area contributed by atoms with E-state index in [0.717, 1.165) is 0 Å². The maximum Gasteiger partial charge on any atom is 0.282 e. The monoisotopic (exact) mass is 289 g/mol. The highest BCUT2D eigenvalue weighted by Gasteiger charge is 2.17. The number of hydrogen-bond donors (Lipinski definition) is 1. The van der Waals surface area contributed by atoms with Gasteiger partial charge in [-0.1, -0.05) is 0 Å². The van der Waals surface area contributed by atoms with E-state index in [-0.39, 0.29) is 11.2 Å². The van der Waals surface area contributed by atoms with Crippen LogP contribution in [0.3, 0.4) is 0 Å². The Hall–Kier alpha value is -0.880. The van der Waals surface area contributed by atoms with Crippen LogP contribution in [0.25, 0.3) is 0 Å². The van der Waals surface area contributed by atoms with Gasteiger partial charge in [0.1, 0.15) is 4.47 Å². The topological polar surface area (TPSA) is 56.1 Å². The highest BCUT2D eigenvalue weighted by atomic mass is 79.9. The maximum atomic E-state index is 11.6. The van der Waals surface area contributed by atoms with Gasteiger partial charge in [0.25, 0.3) is 5.56 Å². The molecule has 16 heavy (non-hydrogen) atoms. The Labute approximate surface area is 103 Å². The lowest BCUT2D eigenvalue weighted by Gasteiger charge is -2.23. The van der Waals surface area contributed by atoms with Crippen LogP contribution < -0.4 is 10.9 Å². The SMILES string of the molecule is COC(C)(C)CNc1cnn(C)c(=O)c1Br. The number of nitrogens with zero attached hydrogens (tertiary/aromatic N) is 2. The molecule has 0 unspecified atom stereocenters. The van der Waals surface area contributed by atoms with Crippen molar-refractivity contribution in [2.24, 2.45) is 7.05 Å². The number of nitrogens with one attached hydrogen (secondary N) is 1. The molecule has 0 aliphatic rings. The molecule has 1 N–H and O–H groups in total. The van der Waals surface area contributed by atoms with Crippen LogP contribution in [0.15, 0.2) is 15.5 Å². The molecule has 0 saturated heterocycles. The van der Waals surface area contributed by atoms with Gasteiger partial charge < -0.3 is 10.1 Å². The normalized spacial score (nSPS) is 11.6. The second kappa shape index (κ2) is 4.97. The highest BCUT2D eigenvalue weighted by Crippen LogP contribution is 2.17. The lowest BCUT2D eigenvalue weighted by atomic mass is 10.1. The van der Waals surface area contributed by atoms with Crippen LogP contribution in [0, 0.1) is 0 Å². The first kappa shape index (κ1) is 13.2. The molecule has 0 amide bonds. The van der Waals surface area contributed by atoms with E-state index in [9.17, 15) is 4.79 Å². The van der Waals surface area contributed by atoms with Gasteiger partial charge in [-0.05, 0) is 29.8 Å². The van der Waals surface area contributed by atoms with E-state index in [2.05, 4.69) is 26.3 Å². The van der Waals surface area contributed by atoms with Crippen LogP contribution in [0.5, 0.6) is 0 Å². The summed E-state index contributed by atoms with van der Waals surface area (Å²) in [5.74, 6) is 0. The quantitative estimate of drug-likeness (QED) is 0.910. The average molecular weight is 290 g/mol. The Bertz CT molecular complexity index is 429. The highest BCUT2D eigenvalue weighted by molar-refractivity contribution is 9.10. The van der Waals surface area contributed by atoms with E-state index >= 15 is 0 Å².